The van der Waals surface area contributed by atoms with Gasteiger partial charge in [0.25, 0.3) is 0 Å². The molecule has 0 aliphatic rings. The number of hydrogen-bond acceptors (Lipinski definition) is 4. The van der Waals surface area contributed by atoms with E-state index in [0.717, 1.165) is 5.39 Å². The molecular weight excluding hydrogens is 172 g/mol. The Morgan fingerprint density at radius 1 is 1.42 bits per heavy atom. The highest BCUT2D eigenvalue weighted by Crippen LogP contribution is 2.29. The SMILES string of the molecule is Nc1c[nH]c2ncc(S)c(N)c12. The Labute approximate surface area is 74.4 Å². The molecule has 0 bridgehead atoms. The van der Waals surface area contributed by atoms with Gasteiger partial charge in [-0.1, -0.05) is 0 Å². The van der Waals surface area contributed by atoms with Crippen molar-refractivity contribution in [2.75, 3.05) is 11.5 Å². The van der Waals surface area contributed by atoms with E-state index in [2.05, 4.69) is 22.6 Å². The van der Waals surface area contributed by atoms with Gasteiger partial charge in [0, 0.05) is 17.3 Å². The van der Waals surface area contributed by atoms with Crippen LogP contribution >= 0.6 is 12.6 Å². The lowest BCUT2D eigenvalue weighted by atomic mass is 10.2. The van der Waals surface area contributed by atoms with Gasteiger partial charge >= 0.3 is 0 Å². The van der Waals surface area contributed by atoms with Gasteiger partial charge in [-0.25, -0.2) is 4.98 Å². The molecule has 2 rings (SSSR count). The van der Waals surface area contributed by atoms with E-state index in [1.54, 1.807) is 12.4 Å². The summed E-state index contributed by atoms with van der Waals surface area (Å²) in [4.78, 5) is 7.62. The zero-order valence-corrected chi connectivity index (χ0v) is 7.10. The van der Waals surface area contributed by atoms with E-state index in [1.165, 1.54) is 0 Å². The van der Waals surface area contributed by atoms with E-state index >= 15 is 0 Å². The maximum Gasteiger partial charge on any atom is 0.141 e. The molecule has 0 spiro atoms. The van der Waals surface area contributed by atoms with E-state index in [0.29, 0.717) is 21.9 Å². The summed E-state index contributed by atoms with van der Waals surface area (Å²) < 4.78 is 0. The summed E-state index contributed by atoms with van der Waals surface area (Å²) in [5, 5.41) is 0.752. The quantitative estimate of drug-likeness (QED) is 0.457. The first-order valence-electron chi connectivity index (χ1n) is 3.40. The number of nitrogens with two attached hydrogens (primary N) is 2. The number of aromatic amines is 1. The highest BCUT2D eigenvalue weighted by molar-refractivity contribution is 7.80. The van der Waals surface area contributed by atoms with Gasteiger partial charge in [0.1, 0.15) is 5.65 Å². The molecule has 0 saturated carbocycles. The van der Waals surface area contributed by atoms with E-state index in [4.69, 9.17) is 11.5 Å². The molecule has 2 aromatic rings. The number of anilines is 2. The average molecular weight is 180 g/mol. The van der Waals surface area contributed by atoms with Crippen molar-refractivity contribution in [3.8, 4) is 0 Å². The van der Waals surface area contributed by atoms with Crippen molar-refractivity contribution in [2.24, 2.45) is 0 Å². The van der Waals surface area contributed by atoms with Crippen molar-refractivity contribution in [1.82, 2.24) is 9.97 Å². The zero-order valence-electron chi connectivity index (χ0n) is 6.20. The number of H-pyrrole nitrogens is 1. The fraction of sp³-hybridized carbons (Fsp3) is 0. The molecule has 62 valence electrons. The second kappa shape index (κ2) is 2.31. The predicted octanol–water partition coefficient (Wildman–Crippen LogP) is 1.02. The lowest BCUT2D eigenvalue weighted by Crippen LogP contribution is -1.92. The van der Waals surface area contributed by atoms with Crippen molar-refractivity contribution in [3.05, 3.63) is 12.4 Å². The molecule has 0 aliphatic heterocycles. The Balaban J connectivity index is 2.96. The lowest BCUT2D eigenvalue weighted by Gasteiger charge is -1.99. The summed E-state index contributed by atoms with van der Waals surface area (Å²) in [6.45, 7) is 0. The number of hydrogen-bond donors (Lipinski definition) is 4. The highest BCUT2D eigenvalue weighted by Gasteiger charge is 2.07. The van der Waals surface area contributed by atoms with E-state index in [-0.39, 0.29) is 0 Å². The van der Waals surface area contributed by atoms with Gasteiger partial charge in [0.15, 0.2) is 0 Å². The Hall–Kier alpha value is -1.36. The first kappa shape index (κ1) is 7.30. The van der Waals surface area contributed by atoms with Crippen LogP contribution in [0, 0.1) is 0 Å². The minimum Gasteiger partial charge on any atom is -0.397 e. The van der Waals surface area contributed by atoms with Crippen LogP contribution in [0.25, 0.3) is 11.0 Å². The Bertz CT molecular complexity index is 434. The molecule has 5 N–H and O–H groups in total. The molecule has 12 heavy (non-hydrogen) atoms. The second-order valence-electron chi connectivity index (χ2n) is 2.52. The number of rotatable bonds is 0. The van der Waals surface area contributed by atoms with Gasteiger partial charge in [-0.05, 0) is 0 Å². The van der Waals surface area contributed by atoms with Crippen molar-refractivity contribution in [1.29, 1.82) is 0 Å². The van der Waals surface area contributed by atoms with Gasteiger partial charge in [-0.15, -0.1) is 12.6 Å². The summed E-state index contributed by atoms with van der Waals surface area (Å²) in [7, 11) is 0. The topological polar surface area (TPSA) is 80.7 Å². The van der Waals surface area contributed by atoms with Crippen LogP contribution in [0.15, 0.2) is 17.3 Å². The number of thiol groups is 1. The van der Waals surface area contributed by atoms with Crippen LogP contribution in [0.3, 0.4) is 0 Å². The summed E-state index contributed by atoms with van der Waals surface area (Å²) in [5.41, 5.74) is 13.3. The maximum atomic E-state index is 5.75. The predicted molar refractivity (Wildman–Crippen MR) is 52.2 cm³/mol. The molecule has 5 heteroatoms. The van der Waals surface area contributed by atoms with Crippen molar-refractivity contribution >= 4 is 35.0 Å². The number of aromatic nitrogens is 2. The minimum atomic E-state index is 0.571. The fourth-order valence-corrected chi connectivity index (χ4v) is 1.30. The maximum absolute atomic E-state index is 5.75. The Morgan fingerprint density at radius 3 is 2.92 bits per heavy atom. The van der Waals surface area contributed by atoms with Crippen LogP contribution in [0.2, 0.25) is 0 Å². The summed E-state index contributed by atoms with van der Waals surface area (Å²) in [5.74, 6) is 0. The van der Waals surface area contributed by atoms with Crippen LogP contribution < -0.4 is 11.5 Å². The molecule has 0 aromatic carbocycles. The summed E-state index contributed by atoms with van der Waals surface area (Å²) >= 11 is 4.14. The highest BCUT2D eigenvalue weighted by atomic mass is 32.1. The number of nitrogen functional groups attached to an aromatic ring is 2. The summed E-state index contributed by atoms with van der Waals surface area (Å²) in [6.07, 6.45) is 3.26. The fourth-order valence-electron chi connectivity index (χ4n) is 1.14. The number of nitrogens with one attached hydrogen (secondary N) is 1. The molecule has 0 saturated heterocycles. The molecule has 0 radical (unpaired) electrons. The van der Waals surface area contributed by atoms with Crippen LogP contribution in [0.1, 0.15) is 0 Å². The number of fused-ring (bicyclic) bond motifs is 1. The first-order valence-corrected chi connectivity index (χ1v) is 3.85. The summed E-state index contributed by atoms with van der Waals surface area (Å²) in [6, 6.07) is 0. The number of nitrogens with zero attached hydrogens (tertiary/aromatic N) is 1. The second-order valence-corrected chi connectivity index (χ2v) is 3.01. The smallest absolute Gasteiger partial charge is 0.141 e. The van der Waals surface area contributed by atoms with Crippen LogP contribution in [-0.4, -0.2) is 9.97 Å². The zero-order chi connectivity index (χ0) is 8.72. The molecular formula is C7H8N4S. The van der Waals surface area contributed by atoms with Gasteiger partial charge < -0.3 is 16.5 Å². The molecule has 0 unspecified atom stereocenters. The third-order valence-electron chi connectivity index (χ3n) is 1.75. The van der Waals surface area contributed by atoms with E-state index in [1.807, 2.05) is 0 Å². The molecule has 0 atom stereocenters. The molecule has 0 aliphatic carbocycles. The van der Waals surface area contributed by atoms with Crippen LogP contribution in [-0.2, 0) is 0 Å². The van der Waals surface area contributed by atoms with Gasteiger partial charge in [0.05, 0.1) is 16.8 Å². The minimum absolute atomic E-state index is 0.571. The molecule has 4 nitrogen and oxygen atoms in total. The molecule has 2 heterocycles. The Kier molecular flexibility index (Phi) is 1.41. The van der Waals surface area contributed by atoms with E-state index in [9.17, 15) is 0 Å². The average Bonchev–Trinajstić information content (AvgIpc) is 2.41. The van der Waals surface area contributed by atoms with Crippen molar-refractivity contribution in [2.45, 2.75) is 4.90 Å². The third kappa shape index (κ3) is 0.831. The first-order chi connectivity index (χ1) is 5.70. The standard InChI is InChI=1S/C7H8N4S/c8-3-1-10-7-5(3)6(9)4(12)2-11-7/h1-2,12H,8H2,(H3,9,10,11). The van der Waals surface area contributed by atoms with Crippen molar-refractivity contribution < 1.29 is 0 Å². The normalized spacial score (nSPS) is 10.8. The van der Waals surface area contributed by atoms with Crippen molar-refractivity contribution in [3.63, 3.8) is 0 Å². The number of pyridine rings is 1. The van der Waals surface area contributed by atoms with Gasteiger partial charge in [0.2, 0.25) is 0 Å². The van der Waals surface area contributed by atoms with Gasteiger partial charge in [-0.3, -0.25) is 0 Å². The van der Waals surface area contributed by atoms with Gasteiger partial charge in [-0.2, -0.15) is 0 Å². The molecule has 0 fully saturated rings. The monoisotopic (exact) mass is 180 g/mol. The van der Waals surface area contributed by atoms with E-state index < -0.39 is 0 Å². The molecule has 0 amide bonds. The van der Waals surface area contributed by atoms with Crippen LogP contribution in [0.5, 0.6) is 0 Å². The Morgan fingerprint density at radius 2 is 2.17 bits per heavy atom. The third-order valence-corrected chi connectivity index (χ3v) is 2.11. The largest absolute Gasteiger partial charge is 0.397 e. The van der Waals surface area contributed by atoms with Crippen LogP contribution in [0.4, 0.5) is 11.4 Å². The lowest BCUT2D eigenvalue weighted by molar-refractivity contribution is 1.27. The molecule has 2 aromatic heterocycles.